The van der Waals surface area contributed by atoms with E-state index in [0.717, 1.165) is 16.8 Å². The lowest BCUT2D eigenvalue weighted by molar-refractivity contribution is -0.133. The summed E-state index contributed by atoms with van der Waals surface area (Å²) in [7, 11) is 0. The fourth-order valence-corrected chi connectivity index (χ4v) is 1.91. The van der Waals surface area contributed by atoms with Crippen molar-refractivity contribution in [1.29, 1.82) is 0 Å². The van der Waals surface area contributed by atoms with Gasteiger partial charge in [-0.3, -0.25) is 9.59 Å². The van der Waals surface area contributed by atoms with Gasteiger partial charge in [0.25, 0.3) is 5.91 Å². The molecule has 0 saturated carbocycles. The van der Waals surface area contributed by atoms with Gasteiger partial charge in [-0.1, -0.05) is 17.7 Å². The molecule has 1 aliphatic heterocycles. The van der Waals surface area contributed by atoms with Gasteiger partial charge in [0.15, 0.2) is 0 Å². The van der Waals surface area contributed by atoms with Gasteiger partial charge in [0.2, 0.25) is 5.78 Å². The summed E-state index contributed by atoms with van der Waals surface area (Å²) in [6.45, 7) is 4.48. The largest absolute Gasteiger partial charge is 0.305 e. The van der Waals surface area contributed by atoms with Crippen molar-refractivity contribution in [3.8, 4) is 0 Å². The van der Waals surface area contributed by atoms with E-state index in [9.17, 15) is 9.59 Å². The van der Waals surface area contributed by atoms with Crippen LogP contribution in [-0.2, 0) is 9.59 Å². The second kappa shape index (κ2) is 3.50. The molecule has 3 nitrogen and oxygen atoms in total. The number of rotatable bonds is 1. The van der Waals surface area contributed by atoms with Gasteiger partial charge in [-0.2, -0.15) is 0 Å². The van der Waals surface area contributed by atoms with Crippen molar-refractivity contribution >= 4 is 17.4 Å². The highest BCUT2D eigenvalue weighted by Gasteiger charge is 2.30. The fourth-order valence-electron chi connectivity index (χ4n) is 1.91. The lowest BCUT2D eigenvalue weighted by Gasteiger charge is -2.17. The second-order valence-corrected chi connectivity index (χ2v) is 3.92. The van der Waals surface area contributed by atoms with E-state index >= 15 is 0 Å². The lowest BCUT2D eigenvalue weighted by atomic mass is 10.1. The van der Waals surface area contributed by atoms with Gasteiger partial charge in [-0.15, -0.1) is 0 Å². The van der Waals surface area contributed by atoms with Crippen LogP contribution in [0.2, 0.25) is 0 Å². The highest BCUT2D eigenvalue weighted by molar-refractivity contribution is 6.43. The number of carbonyl (C=O) groups excluding carboxylic acids is 2. The van der Waals surface area contributed by atoms with Gasteiger partial charge in [0, 0.05) is 18.7 Å². The minimum Gasteiger partial charge on any atom is -0.305 e. The van der Waals surface area contributed by atoms with Crippen molar-refractivity contribution in [2.24, 2.45) is 0 Å². The molecule has 1 fully saturated rings. The minimum absolute atomic E-state index is 0.282. The molecule has 0 unspecified atom stereocenters. The standard InChI is InChI=1S/C12H13NO2/c1-8-3-4-10(9(2)7-8)13-6-5-11(14)12(13)15/h3-4,7H,5-6H2,1-2H3. The Morgan fingerprint density at radius 2 is 1.93 bits per heavy atom. The van der Waals surface area contributed by atoms with Crippen LogP contribution in [0.5, 0.6) is 0 Å². The Kier molecular flexibility index (Phi) is 2.31. The Bertz CT molecular complexity index is 437. The smallest absolute Gasteiger partial charge is 0.294 e. The van der Waals surface area contributed by atoms with E-state index < -0.39 is 0 Å². The first-order valence-electron chi connectivity index (χ1n) is 5.01. The summed E-state index contributed by atoms with van der Waals surface area (Å²) in [5, 5.41) is 0. The predicted octanol–water partition coefficient (Wildman–Crippen LogP) is 1.61. The SMILES string of the molecule is Cc1ccc(N2CCC(=O)C2=O)c(C)c1. The van der Waals surface area contributed by atoms with Gasteiger partial charge in [0.1, 0.15) is 0 Å². The van der Waals surface area contributed by atoms with Crippen LogP contribution in [0.25, 0.3) is 0 Å². The molecule has 1 aliphatic rings. The van der Waals surface area contributed by atoms with Crippen molar-refractivity contribution < 1.29 is 9.59 Å². The van der Waals surface area contributed by atoms with Crippen LogP contribution in [-0.4, -0.2) is 18.2 Å². The Morgan fingerprint density at radius 1 is 1.20 bits per heavy atom. The van der Waals surface area contributed by atoms with Crippen LogP contribution in [0.1, 0.15) is 17.5 Å². The van der Waals surface area contributed by atoms with Crippen LogP contribution in [0.3, 0.4) is 0 Å². The van der Waals surface area contributed by atoms with Crippen molar-refractivity contribution in [3.05, 3.63) is 29.3 Å². The number of Topliss-reactive ketones (excluding diaryl/α,β-unsaturated/α-hetero) is 1. The summed E-state index contributed by atoms with van der Waals surface area (Å²) < 4.78 is 0. The van der Waals surface area contributed by atoms with Crippen molar-refractivity contribution in [2.75, 3.05) is 11.4 Å². The van der Waals surface area contributed by atoms with Crippen LogP contribution >= 0.6 is 0 Å². The molecular weight excluding hydrogens is 190 g/mol. The number of amides is 1. The highest BCUT2D eigenvalue weighted by Crippen LogP contribution is 2.24. The van der Waals surface area contributed by atoms with Gasteiger partial charge in [0.05, 0.1) is 0 Å². The average molecular weight is 203 g/mol. The molecule has 2 rings (SSSR count). The van der Waals surface area contributed by atoms with Crippen LogP contribution in [0.15, 0.2) is 18.2 Å². The maximum Gasteiger partial charge on any atom is 0.294 e. The molecule has 3 heteroatoms. The third-order valence-electron chi connectivity index (χ3n) is 2.69. The molecule has 1 saturated heterocycles. The monoisotopic (exact) mass is 203 g/mol. The number of hydrogen-bond donors (Lipinski definition) is 0. The molecule has 0 spiro atoms. The number of ketones is 1. The molecule has 1 aromatic rings. The molecule has 0 atom stereocenters. The Balaban J connectivity index is 2.38. The zero-order chi connectivity index (χ0) is 11.0. The number of benzene rings is 1. The first-order chi connectivity index (χ1) is 7.09. The van der Waals surface area contributed by atoms with Crippen molar-refractivity contribution in [3.63, 3.8) is 0 Å². The third kappa shape index (κ3) is 1.65. The number of carbonyl (C=O) groups is 2. The van der Waals surface area contributed by atoms with E-state index in [-0.39, 0.29) is 11.7 Å². The Morgan fingerprint density at radius 3 is 2.47 bits per heavy atom. The molecule has 15 heavy (non-hydrogen) atoms. The first kappa shape index (κ1) is 9.90. The number of hydrogen-bond acceptors (Lipinski definition) is 2. The maximum absolute atomic E-state index is 11.5. The summed E-state index contributed by atoms with van der Waals surface area (Å²) in [4.78, 5) is 24.2. The van der Waals surface area contributed by atoms with E-state index in [1.165, 1.54) is 0 Å². The second-order valence-electron chi connectivity index (χ2n) is 3.92. The zero-order valence-corrected chi connectivity index (χ0v) is 8.91. The summed E-state index contributed by atoms with van der Waals surface area (Å²) >= 11 is 0. The van der Waals surface area contributed by atoms with E-state index in [4.69, 9.17) is 0 Å². The molecule has 0 bridgehead atoms. The van der Waals surface area contributed by atoms with Crippen LogP contribution < -0.4 is 4.90 Å². The molecule has 0 radical (unpaired) electrons. The molecule has 78 valence electrons. The van der Waals surface area contributed by atoms with E-state index in [0.29, 0.717) is 13.0 Å². The third-order valence-corrected chi connectivity index (χ3v) is 2.69. The Hall–Kier alpha value is -1.64. The van der Waals surface area contributed by atoms with Gasteiger partial charge in [-0.05, 0) is 25.5 Å². The molecule has 1 aromatic carbocycles. The topological polar surface area (TPSA) is 37.4 Å². The minimum atomic E-state index is -0.373. The number of anilines is 1. The lowest BCUT2D eigenvalue weighted by Crippen LogP contribution is -2.27. The molecule has 1 amide bonds. The summed E-state index contributed by atoms with van der Waals surface area (Å²) in [5.41, 5.74) is 3.06. The van der Waals surface area contributed by atoms with Gasteiger partial charge >= 0.3 is 0 Å². The molecule has 0 N–H and O–H groups in total. The van der Waals surface area contributed by atoms with Gasteiger partial charge < -0.3 is 4.90 Å². The van der Waals surface area contributed by atoms with Crippen molar-refractivity contribution in [1.82, 2.24) is 0 Å². The summed E-state index contributed by atoms with van der Waals surface area (Å²) in [6.07, 6.45) is 0.339. The van der Waals surface area contributed by atoms with E-state index in [1.807, 2.05) is 32.0 Å². The number of nitrogens with zero attached hydrogens (tertiary/aromatic N) is 1. The predicted molar refractivity (Wildman–Crippen MR) is 57.9 cm³/mol. The fraction of sp³-hybridized carbons (Fsp3) is 0.333. The molecule has 0 aliphatic carbocycles. The number of aryl methyl sites for hydroxylation is 2. The molecule has 0 aromatic heterocycles. The van der Waals surface area contributed by atoms with Gasteiger partial charge in [-0.25, -0.2) is 0 Å². The normalized spacial score (nSPS) is 16.3. The van der Waals surface area contributed by atoms with Crippen molar-refractivity contribution in [2.45, 2.75) is 20.3 Å². The van der Waals surface area contributed by atoms with E-state index in [1.54, 1.807) is 4.90 Å². The van der Waals surface area contributed by atoms with Crippen LogP contribution in [0, 0.1) is 13.8 Å². The summed E-state index contributed by atoms with van der Waals surface area (Å²) in [5.74, 6) is -0.656. The zero-order valence-electron chi connectivity index (χ0n) is 8.91. The quantitative estimate of drug-likeness (QED) is 0.650. The average Bonchev–Trinajstić information content (AvgIpc) is 2.49. The highest BCUT2D eigenvalue weighted by atomic mass is 16.2. The van der Waals surface area contributed by atoms with Crippen LogP contribution in [0.4, 0.5) is 5.69 Å². The summed E-state index contributed by atoms with van der Waals surface area (Å²) in [6, 6.07) is 5.88. The molecular formula is C12H13NO2. The molecule has 1 heterocycles. The Labute approximate surface area is 88.7 Å². The maximum atomic E-state index is 11.5. The first-order valence-corrected chi connectivity index (χ1v) is 5.01. The van der Waals surface area contributed by atoms with E-state index in [2.05, 4.69) is 0 Å².